The van der Waals surface area contributed by atoms with Crippen molar-refractivity contribution >= 4 is 21.8 Å². The Labute approximate surface area is 202 Å². The Morgan fingerprint density at radius 2 is 2.00 bits per heavy atom. The fourth-order valence-corrected chi connectivity index (χ4v) is 5.23. The zero-order chi connectivity index (χ0) is 23.9. The minimum Gasteiger partial charge on any atom is -0.346 e. The fraction of sp³-hybridized carbons (Fsp3) is 0.250. The molecule has 1 aliphatic heterocycles. The summed E-state index contributed by atoms with van der Waals surface area (Å²) in [4.78, 5) is 4.90. The van der Waals surface area contributed by atoms with Gasteiger partial charge in [0.2, 0.25) is 0 Å². The van der Waals surface area contributed by atoms with Crippen LogP contribution in [-0.2, 0) is 13.6 Å². The van der Waals surface area contributed by atoms with Gasteiger partial charge in [-0.2, -0.15) is 10.4 Å². The van der Waals surface area contributed by atoms with Crippen LogP contribution in [0.3, 0.4) is 0 Å². The van der Waals surface area contributed by atoms with Crippen LogP contribution in [0.15, 0.2) is 61.1 Å². The molecule has 0 radical (unpaired) electrons. The van der Waals surface area contributed by atoms with Gasteiger partial charge in [0.05, 0.1) is 34.7 Å². The van der Waals surface area contributed by atoms with E-state index in [1.165, 1.54) is 18.9 Å². The van der Waals surface area contributed by atoms with Crippen LogP contribution in [0.5, 0.6) is 0 Å². The number of fused-ring (bicyclic) bond motifs is 2. The highest BCUT2D eigenvalue weighted by Crippen LogP contribution is 2.38. The molecule has 1 fully saturated rings. The van der Waals surface area contributed by atoms with Crippen LogP contribution >= 0.6 is 0 Å². The Bertz CT molecular complexity index is 1600. The molecule has 0 spiro atoms. The van der Waals surface area contributed by atoms with Crippen LogP contribution in [0.1, 0.15) is 24.8 Å². The Morgan fingerprint density at radius 1 is 1.11 bits per heavy atom. The number of rotatable bonds is 5. The van der Waals surface area contributed by atoms with Gasteiger partial charge >= 0.3 is 0 Å². The minimum absolute atomic E-state index is 0.0360. The highest BCUT2D eigenvalue weighted by Gasteiger charge is 2.19. The highest BCUT2D eigenvalue weighted by molar-refractivity contribution is 6.02. The first kappa shape index (κ1) is 21.5. The van der Waals surface area contributed by atoms with E-state index in [0.717, 1.165) is 58.1 Å². The van der Waals surface area contributed by atoms with Gasteiger partial charge in [-0.1, -0.05) is 12.1 Å². The summed E-state index contributed by atoms with van der Waals surface area (Å²) in [5.74, 6) is -0.526. The summed E-state index contributed by atoms with van der Waals surface area (Å²) < 4.78 is 18.8. The van der Waals surface area contributed by atoms with E-state index >= 15 is 0 Å². The molecule has 0 aliphatic carbocycles. The topological polar surface area (TPSA) is 71.5 Å². The summed E-state index contributed by atoms with van der Waals surface area (Å²) in [6.07, 6.45) is 9.37. The van der Waals surface area contributed by atoms with Crippen LogP contribution in [-0.4, -0.2) is 31.9 Å². The Balaban J connectivity index is 1.51. The second-order valence-electron chi connectivity index (χ2n) is 9.22. The van der Waals surface area contributed by atoms with Crippen molar-refractivity contribution in [1.82, 2.24) is 24.6 Å². The van der Waals surface area contributed by atoms with Crippen molar-refractivity contribution in [3.05, 3.63) is 72.4 Å². The summed E-state index contributed by atoms with van der Waals surface area (Å²) in [5.41, 5.74) is 5.39. The molecule has 0 bridgehead atoms. The first-order valence-electron chi connectivity index (χ1n) is 12.0. The first-order chi connectivity index (χ1) is 17.1. The van der Waals surface area contributed by atoms with E-state index in [-0.39, 0.29) is 5.56 Å². The lowest BCUT2D eigenvalue weighted by atomic mass is 9.95. The Hall–Kier alpha value is -4.02. The molecule has 0 amide bonds. The predicted octanol–water partition coefficient (Wildman–Crippen LogP) is 5.41. The van der Waals surface area contributed by atoms with Crippen LogP contribution in [0.25, 0.3) is 44.2 Å². The third-order valence-electron chi connectivity index (χ3n) is 7.11. The van der Waals surface area contributed by atoms with Gasteiger partial charge in [-0.3, -0.25) is 9.67 Å². The normalized spacial score (nSPS) is 15.7. The molecular weight excluding hydrogens is 439 g/mol. The van der Waals surface area contributed by atoms with Crippen molar-refractivity contribution in [2.45, 2.75) is 31.8 Å². The quantitative estimate of drug-likeness (QED) is 0.378. The van der Waals surface area contributed by atoms with E-state index in [1.807, 2.05) is 48.4 Å². The van der Waals surface area contributed by atoms with Crippen molar-refractivity contribution in [2.75, 3.05) is 6.54 Å². The summed E-state index contributed by atoms with van der Waals surface area (Å²) in [5, 5.41) is 19.2. The molecule has 1 N–H and O–H groups in total. The highest BCUT2D eigenvalue weighted by atomic mass is 19.1. The maximum Gasteiger partial charge on any atom is 0.141 e. The summed E-state index contributed by atoms with van der Waals surface area (Å²) >= 11 is 0. The SMILES string of the molecule is Cn1ncc2cc(-c3ncc4c(ccn4CCC4CCCN4)c3-c3ccc(C#N)c(F)c3)ccc21. The second-order valence-corrected chi connectivity index (χ2v) is 9.22. The maximum absolute atomic E-state index is 14.7. The summed E-state index contributed by atoms with van der Waals surface area (Å²) in [7, 11) is 1.92. The van der Waals surface area contributed by atoms with Gasteiger partial charge in [0.15, 0.2) is 0 Å². The predicted molar refractivity (Wildman–Crippen MR) is 135 cm³/mol. The van der Waals surface area contributed by atoms with Crippen molar-refractivity contribution in [1.29, 1.82) is 5.26 Å². The zero-order valence-corrected chi connectivity index (χ0v) is 19.5. The van der Waals surface area contributed by atoms with Crippen molar-refractivity contribution in [2.24, 2.45) is 7.05 Å². The molecule has 6 rings (SSSR count). The molecule has 4 heterocycles. The molecular formula is C28H25FN6. The van der Waals surface area contributed by atoms with Crippen molar-refractivity contribution in [3.63, 3.8) is 0 Å². The van der Waals surface area contributed by atoms with E-state index in [0.29, 0.717) is 11.6 Å². The lowest BCUT2D eigenvalue weighted by Crippen LogP contribution is -2.22. The largest absolute Gasteiger partial charge is 0.346 e. The van der Waals surface area contributed by atoms with Gasteiger partial charge in [-0.15, -0.1) is 0 Å². The number of halogens is 1. The maximum atomic E-state index is 14.7. The molecule has 7 heteroatoms. The van der Waals surface area contributed by atoms with Crippen molar-refractivity contribution in [3.8, 4) is 28.5 Å². The van der Waals surface area contributed by atoms with E-state index < -0.39 is 5.82 Å². The van der Waals surface area contributed by atoms with Gasteiger partial charge in [-0.05, 0) is 61.7 Å². The second kappa shape index (κ2) is 8.64. The monoisotopic (exact) mass is 464 g/mol. The number of aromatic nitrogens is 4. The molecule has 35 heavy (non-hydrogen) atoms. The van der Waals surface area contributed by atoms with E-state index in [4.69, 9.17) is 4.98 Å². The lowest BCUT2D eigenvalue weighted by Gasteiger charge is -2.14. The number of hydrogen-bond donors (Lipinski definition) is 1. The van der Waals surface area contributed by atoms with Gasteiger partial charge in [0, 0.05) is 47.7 Å². The average molecular weight is 465 g/mol. The van der Waals surface area contributed by atoms with Crippen LogP contribution in [0.4, 0.5) is 4.39 Å². The molecule has 6 nitrogen and oxygen atoms in total. The van der Waals surface area contributed by atoms with E-state index in [2.05, 4.69) is 33.3 Å². The summed E-state index contributed by atoms with van der Waals surface area (Å²) in [6, 6.07) is 15.5. The third-order valence-corrected chi connectivity index (χ3v) is 7.11. The van der Waals surface area contributed by atoms with Gasteiger partial charge in [0.1, 0.15) is 11.9 Å². The number of hydrogen-bond acceptors (Lipinski definition) is 4. The number of nitrogens with zero attached hydrogens (tertiary/aromatic N) is 5. The molecule has 2 aromatic carbocycles. The standard InChI is InChI=1S/C28H25FN6/c1-34-25-7-6-19(13-21(25)16-33-34)28-27(18-4-5-20(15-30)24(29)14-18)23-9-12-35(26(23)17-32-28)11-8-22-3-2-10-31-22/h4-7,9,12-14,16-17,22,31H,2-3,8,10-11H2,1H3. The van der Waals surface area contributed by atoms with E-state index in [1.54, 1.807) is 6.07 Å². The first-order valence-corrected chi connectivity index (χ1v) is 12.0. The fourth-order valence-electron chi connectivity index (χ4n) is 5.23. The molecule has 5 aromatic rings. The number of benzene rings is 2. The Kier molecular flexibility index (Phi) is 5.31. The average Bonchev–Trinajstić information content (AvgIpc) is 3.62. The smallest absolute Gasteiger partial charge is 0.141 e. The number of nitrogens with one attached hydrogen (secondary N) is 1. The van der Waals surface area contributed by atoms with Gasteiger partial charge < -0.3 is 9.88 Å². The molecule has 174 valence electrons. The van der Waals surface area contributed by atoms with Gasteiger partial charge in [0.25, 0.3) is 0 Å². The number of aryl methyl sites for hydroxylation is 2. The molecule has 1 unspecified atom stereocenters. The van der Waals surface area contributed by atoms with Gasteiger partial charge in [-0.25, -0.2) is 4.39 Å². The molecule has 3 aromatic heterocycles. The minimum atomic E-state index is -0.526. The molecule has 1 atom stereocenters. The van der Waals surface area contributed by atoms with E-state index in [9.17, 15) is 9.65 Å². The lowest BCUT2D eigenvalue weighted by molar-refractivity contribution is 0.511. The van der Waals surface area contributed by atoms with Crippen LogP contribution in [0, 0.1) is 17.1 Å². The Morgan fingerprint density at radius 3 is 2.80 bits per heavy atom. The summed E-state index contributed by atoms with van der Waals surface area (Å²) in [6.45, 7) is 1.99. The van der Waals surface area contributed by atoms with Crippen molar-refractivity contribution < 1.29 is 4.39 Å². The number of pyridine rings is 1. The zero-order valence-electron chi connectivity index (χ0n) is 19.5. The molecule has 1 saturated heterocycles. The van der Waals surface area contributed by atoms with Crippen LogP contribution < -0.4 is 5.32 Å². The number of nitriles is 1. The third kappa shape index (κ3) is 3.76. The van der Waals surface area contributed by atoms with Crippen LogP contribution in [0.2, 0.25) is 0 Å². The molecule has 0 saturated carbocycles. The molecule has 1 aliphatic rings.